The Bertz CT molecular complexity index is 396. The Kier molecular flexibility index (Phi) is 4.06. The number of allylic oxidation sites excluding steroid dienone is 1. The molecule has 1 N–H and O–H groups in total. The van der Waals surface area contributed by atoms with Crippen LogP contribution in [0.15, 0.2) is 30.0 Å². The van der Waals surface area contributed by atoms with Gasteiger partial charge in [-0.3, -0.25) is 9.59 Å². The first-order chi connectivity index (χ1) is 7.11. The fraction of sp³-hybridized carbons (Fsp3) is 0.0909. The molecule has 1 amide bonds. The molecule has 0 atom stereocenters. The molecule has 78 valence electrons. The maximum absolute atomic E-state index is 10.7. The number of halogens is 1. The minimum atomic E-state index is -0.276. The van der Waals surface area contributed by atoms with Crippen molar-refractivity contribution in [1.29, 1.82) is 0 Å². The second kappa shape index (κ2) is 5.32. The Morgan fingerprint density at radius 1 is 1.33 bits per heavy atom. The predicted molar refractivity (Wildman–Crippen MR) is 59.3 cm³/mol. The molecule has 15 heavy (non-hydrogen) atoms. The Morgan fingerprint density at radius 2 is 1.93 bits per heavy atom. The van der Waals surface area contributed by atoms with E-state index in [-0.39, 0.29) is 11.6 Å². The van der Waals surface area contributed by atoms with Crippen LogP contribution < -0.4 is 5.32 Å². The summed E-state index contributed by atoms with van der Waals surface area (Å²) in [6.07, 6.45) is 2.17. The average Bonchev–Trinajstić information content (AvgIpc) is 2.19. The highest BCUT2D eigenvalue weighted by Crippen LogP contribution is 2.11. The second-order valence-electron chi connectivity index (χ2n) is 2.95. The van der Waals surface area contributed by atoms with E-state index in [0.29, 0.717) is 11.3 Å². The molecule has 0 unspecified atom stereocenters. The Labute approximate surface area is 92.7 Å². The number of hydrogen-bond donors (Lipinski definition) is 1. The number of carbonyl (C=O) groups excluding carboxylic acids is 2. The monoisotopic (exact) mass is 223 g/mol. The highest BCUT2D eigenvalue weighted by molar-refractivity contribution is 6.30. The largest absolute Gasteiger partial charge is 0.324 e. The van der Waals surface area contributed by atoms with Gasteiger partial charge in [-0.2, -0.15) is 0 Å². The van der Waals surface area contributed by atoms with Crippen molar-refractivity contribution in [3.05, 3.63) is 40.5 Å². The van der Waals surface area contributed by atoms with Crippen LogP contribution in [0.5, 0.6) is 0 Å². The summed E-state index contributed by atoms with van der Waals surface area (Å²) >= 11 is 5.71. The SMILES string of the molecule is CC(=O)N/C(C=O)=C\c1ccc(Cl)cc1. The van der Waals surface area contributed by atoms with Gasteiger partial charge in [-0.15, -0.1) is 0 Å². The van der Waals surface area contributed by atoms with Crippen LogP contribution in [0.2, 0.25) is 5.02 Å². The van der Waals surface area contributed by atoms with E-state index in [9.17, 15) is 9.59 Å². The number of hydrogen-bond acceptors (Lipinski definition) is 2. The predicted octanol–water partition coefficient (Wildman–Crippen LogP) is 2.02. The quantitative estimate of drug-likeness (QED) is 0.630. The van der Waals surface area contributed by atoms with Crippen LogP contribution in [-0.2, 0) is 9.59 Å². The zero-order valence-corrected chi connectivity index (χ0v) is 8.91. The highest BCUT2D eigenvalue weighted by Gasteiger charge is 1.98. The summed E-state index contributed by atoms with van der Waals surface area (Å²) < 4.78 is 0. The third-order valence-electron chi connectivity index (χ3n) is 1.64. The third-order valence-corrected chi connectivity index (χ3v) is 1.89. The summed E-state index contributed by atoms with van der Waals surface area (Å²) in [4.78, 5) is 21.3. The molecule has 0 saturated carbocycles. The molecule has 0 aliphatic heterocycles. The molecule has 0 aromatic heterocycles. The van der Waals surface area contributed by atoms with E-state index in [2.05, 4.69) is 5.32 Å². The summed E-state index contributed by atoms with van der Waals surface area (Å²) in [5.41, 5.74) is 1.03. The summed E-state index contributed by atoms with van der Waals surface area (Å²) in [5.74, 6) is -0.276. The van der Waals surface area contributed by atoms with Gasteiger partial charge in [-0.05, 0) is 23.8 Å². The lowest BCUT2D eigenvalue weighted by atomic mass is 10.2. The van der Waals surface area contributed by atoms with Crippen molar-refractivity contribution in [2.45, 2.75) is 6.92 Å². The number of rotatable bonds is 3. The molecule has 0 spiro atoms. The first-order valence-corrected chi connectivity index (χ1v) is 4.69. The van der Waals surface area contributed by atoms with Crippen LogP contribution in [-0.4, -0.2) is 12.2 Å². The topological polar surface area (TPSA) is 46.2 Å². The highest BCUT2D eigenvalue weighted by atomic mass is 35.5. The number of nitrogens with one attached hydrogen (secondary N) is 1. The third kappa shape index (κ3) is 3.95. The van der Waals surface area contributed by atoms with Crippen molar-refractivity contribution >= 4 is 29.9 Å². The van der Waals surface area contributed by atoms with Crippen LogP contribution in [0.3, 0.4) is 0 Å². The molecule has 0 saturated heterocycles. The minimum absolute atomic E-state index is 0.227. The summed E-state index contributed by atoms with van der Waals surface area (Å²) in [7, 11) is 0. The fourth-order valence-electron chi connectivity index (χ4n) is 1.04. The molecule has 0 radical (unpaired) electrons. The minimum Gasteiger partial charge on any atom is -0.324 e. The van der Waals surface area contributed by atoms with Gasteiger partial charge in [-0.25, -0.2) is 0 Å². The second-order valence-corrected chi connectivity index (χ2v) is 3.39. The van der Waals surface area contributed by atoms with Crippen molar-refractivity contribution in [2.24, 2.45) is 0 Å². The fourth-order valence-corrected chi connectivity index (χ4v) is 1.17. The van der Waals surface area contributed by atoms with E-state index in [4.69, 9.17) is 11.6 Å². The van der Waals surface area contributed by atoms with Crippen LogP contribution in [0.1, 0.15) is 12.5 Å². The van der Waals surface area contributed by atoms with E-state index in [1.54, 1.807) is 30.3 Å². The smallest absolute Gasteiger partial charge is 0.221 e. The molecule has 0 aliphatic rings. The molecule has 0 heterocycles. The average molecular weight is 224 g/mol. The first kappa shape index (κ1) is 11.5. The number of benzene rings is 1. The standard InChI is InChI=1S/C11H10ClNO2/c1-8(15)13-11(7-14)6-9-2-4-10(12)5-3-9/h2-7H,1H3,(H,13,15)/b11-6-. The van der Waals surface area contributed by atoms with Gasteiger partial charge in [0.1, 0.15) is 0 Å². The van der Waals surface area contributed by atoms with Crippen LogP contribution in [0, 0.1) is 0 Å². The molecule has 4 heteroatoms. The van der Waals surface area contributed by atoms with Gasteiger partial charge in [-0.1, -0.05) is 23.7 Å². The molecule has 1 rings (SSSR count). The van der Waals surface area contributed by atoms with Gasteiger partial charge in [0.05, 0.1) is 5.70 Å². The van der Waals surface area contributed by atoms with Crippen molar-refractivity contribution in [2.75, 3.05) is 0 Å². The van der Waals surface area contributed by atoms with Crippen LogP contribution >= 0.6 is 11.6 Å². The van der Waals surface area contributed by atoms with E-state index >= 15 is 0 Å². The van der Waals surface area contributed by atoms with E-state index in [1.807, 2.05) is 0 Å². The van der Waals surface area contributed by atoms with Crippen molar-refractivity contribution in [1.82, 2.24) is 5.32 Å². The summed E-state index contributed by atoms with van der Waals surface area (Å²) in [6, 6.07) is 6.94. The Morgan fingerprint density at radius 3 is 2.40 bits per heavy atom. The van der Waals surface area contributed by atoms with E-state index in [1.165, 1.54) is 6.92 Å². The number of aldehydes is 1. The Balaban J connectivity index is 2.87. The Hall–Kier alpha value is -1.61. The molecular formula is C11H10ClNO2. The van der Waals surface area contributed by atoms with Gasteiger partial charge in [0.15, 0.2) is 6.29 Å². The molecule has 1 aromatic rings. The van der Waals surface area contributed by atoms with Crippen molar-refractivity contribution < 1.29 is 9.59 Å². The summed E-state index contributed by atoms with van der Waals surface area (Å²) in [6.45, 7) is 1.35. The number of carbonyl (C=O) groups is 2. The molecule has 0 aliphatic carbocycles. The van der Waals surface area contributed by atoms with E-state index < -0.39 is 0 Å². The van der Waals surface area contributed by atoms with Crippen molar-refractivity contribution in [3.8, 4) is 0 Å². The van der Waals surface area contributed by atoms with Gasteiger partial charge in [0.25, 0.3) is 0 Å². The molecule has 0 fully saturated rings. The summed E-state index contributed by atoms with van der Waals surface area (Å²) in [5, 5.41) is 3.04. The van der Waals surface area contributed by atoms with Gasteiger partial charge < -0.3 is 5.32 Å². The maximum Gasteiger partial charge on any atom is 0.221 e. The lowest BCUT2D eigenvalue weighted by molar-refractivity contribution is -0.119. The maximum atomic E-state index is 10.7. The molecular weight excluding hydrogens is 214 g/mol. The van der Waals surface area contributed by atoms with Gasteiger partial charge in [0.2, 0.25) is 5.91 Å². The molecule has 1 aromatic carbocycles. The normalized spacial score (nSPS) is 10.9. The van der Waals surface area contributed by atoms with Crippen LogP contribution in [0.4, 0.5) is 0 Å². The zero-order chi connectivity index (χ0) is 11.3. The molecule has 3 nitrogen and oxygen atoms in total. The van der Waals surface area contributed by atoms with Gasteiger partial charge in [0, 0.05) is 11.9 Å². The lowest BCUT2D eigenvalue weighted by Gasteiger charge is -2.00. The lowest BCUT2D eigenvalue weighted by Crippen LogP contribution is -2.19. The first-order valence-electron chi connectivity index (χ1n) is 4.32. The van der Waals surface area contributed by atoms with E-state index in [0.717, 1.165) is 5.56 Å². The number of amides is 1. The van der Waals surface area contributed by atoms with Crippen LogP contribution in [0.25, 0.3) is 6.08 Å². The van der Waals surface area contributed by atoms with Gasteiger partial charge >= 0.3 is 0 Å². The molecule has 0 bridgehead atoms. The zero-order valence-electron chi connectivity index (χ0n) is 8.16. The van der Waals surface area contributed by atoms with Crippen molar-refractivity contribution in [3.63, 3.8) is 0 Å².